The SMILES string of the molecule is Cc1nnsc1C(=O)Nc1ccc(CCBr)cc1. The molecule has 0 saturated heterocycles. The summed E-state index contributed by atoms with van der Waals surface area (Å²) in [5.41, 5.74) is 2.68. The monoisotopic (exact) mass is 325 g/mol. The minimum absolute atomic E-state index is 0.157. The van der Waals surface area contributed by atoms with Gasteiger partial charge in [-0.15, -0.1) is 5.10 Å². The predicted molar refractivity (Wildman–Crippen MR) is 76.5 cm³/mol. The number of nitrogens with zero attached hydrogens (tertiary/aromatic N) is 2. The molecule has 94 valence electrons. The van der Waals surface area contributed by atoms with Crippen molar-refractivity contribution in [1.82, 2.24) is 9.59 Å². The maximum atomic E-state index is 11.9. The Hall–Kier alpha value is -1.27. The third-order valence-electron chi connectivity index (χ3n) is 2.45. The number of nitrogens with one attached hydrogen (secondary N) is 1. The minimum atomic E-state index is -0.157. The van der Waals surface area contributed by atoms with E-state index in [4.69, 9.17) is 0 Å². The van der Waals surface area contributed by atoms with Crippen LogP contribution in [0.4, 0.5) is 5.69 Å². The van der Waals surface area contributed by atoms with Gasteiger partial charge in [-0.3, -0.25) is 4.79 Å². The summed E-state index contributed by atoms with van der Waals surface area (Å²) >= 11 is 4.51. The van der Waals surface area contributed by atoms with Gasteiger partial charge < -0.3 is 5.32 Å². The molecule has 18 heavy (non-hydrogen) atoms. The molecule has 2 rings (SSSR count). The molecule has 0 atom stereocenters. The van der Waals surface area contributed by atoms with Gasteiger partial charge in [0.15, 0.2) is 0 Å². The van der Waals surface area contributed by atoms with Crippen LogP contribution in [0.5, 0.6) is 0 Å². The highest BCUT2D eigenvalue weighted by Gasteiger charge is 2.12. The number of amides is 1. The van der Waals surface area contributed by atoms with Gasteiger partial charge in [-0.05, 0) is 42.6 Å². The van der Waals surface area contributed by atoms with Gasteiger partial charge >= 0.3 is 0 Å². The lowest BCUT2D eigenvalue weighted by molar-refractivity contribution is 0.103. The van der Waals surface area contributed by atoms with Gasteiger partial charge in [-0.1, -0.05) is 32.6 Å². The van der Waals surface area contributed by atoms with Crippen LogP contribution in [-0.2, 0) is 6.42 Å². The number of benzene rings is 1. The maximum absolute atomic E-state index is 11.9. The van der Waals surface area contributed by atoms with Gasteiger partial charge in [0.1, 0.15) is 4.88 Å². The van der Waals surface area contributed by atoms with E-state index in [9.17, 15) is 4.79 Å². The molecule has 1 aromatic carbocycles. The smallest absolute Gasteiger partial charge is 0.269 e. The second-order valence-corrected chi connectivity index (χ2v) is 5.32. The summed E-state index contributed by atoms with van der Waals surface area (Å²) < 4.78 is 3.75. The largest absolute Gasteiger partial charge is 0.321 e. The number of alkyl halides is 1. The van der Waals surface area contributed by atoms with Gasteiger partial charge in [0.25, 0.3) is 5.91 Å². The lowest BCUT2D eigenvalue weighted by Gasteiger charge is -2.04. The van der Waals surface area contributed by atoms with E-state index in [1.165, 1.54) is 5.56 Å². The lowest BCUT2D eigenvalue weighted by Crippen LogP contribution is -2.11. The molecule has 1 amide bonds. The third-order valence-corrected chi connectivity index (χ3v) is 3.68. The van der Waals surface area contributed by atoms with Crippen molar-refractivity contribution >= 4 is 39.1 Å². The average Bonchev–Trinajstić information content (AvgIpc) is 2.78. The quantitative estimate of drug-likeness (QED) is 0.879. The topological polar surface area (TPSA) is 54.9 Å². The van der Waals surface area contributed by atoms with Gasteiger partial charge in [0, 0.05) is 11.0 Å². The van der Waals surface area contributed by atoms with E-state index in [2.05, 4.69) is 30.8 Å². The van der Waals surface area contributed by atoms with Crippen molar-refractivity contribution < 1.29 is 4.79 Å². The molecule has 0 radical (unpaired) electrons. The first-order valence-corrected chi connectivity index (χ1v) is 7.35. The van der Waals surface area contributed by atoms with E-state index in [1.807, 2.05) is 24.3 Å². The Morgan fingerprint density at radius 3 is 2.67 bits per heavy atom. The molecule has 6 heteroatoms. The van der Waals surface area contributed by atoms with Crippen LogP contribution in [0.2, 0.25) is 0 Å². The van der Waals surface area contributed by atoms with Gasteiger partial charge in [-0.2, -0.15) is 0 Å². The van der Waals surface area contributed by atoms with Crippen LogP contribution in [0.3, 0.4) is 0 Å². The highest BCUT2D eigenvalue weighted by molar-refractivity contribution is 9.09. The van der Waals surface area contributed by atoms with Gasteiger partial charge in [0.05, 0.1) is 5.69 Å². The zero-order valence-electron chi connectivity index (χ0n) is 9.81. The van der Waals surface area contributed by atoms with Crippen molar-refractivity contribution in [1.29, 1.82) is 0 Å². The first-order chi connectivity index (χ1) is 8.70. The van der Waals surface area contributed by atoms with E-state index in [0.717, 1.165) is 29.0 Å². The summed E-state index contributed by atoms with van der Waals surface area (Å²) in [5, 5.41) is 7.59. The number of anilines is 1. The first kappa shape index (κ1) is 13.2. The fourth-order valence-corrected chi connectivity index (χ4v) is 2.50. The Morgan fingerprint density at radius 1 is 1.39 bits per heavy atom. The van der Waals surface area contributed by atoms with E-state index >= 15 is 0 Å². The number of carbonyl (C=O) groups excluding carboxylic acids is 1. The van der Waals surface area contributed by atoms with Crippen LogP contribution in [0.25, 0.3) is 0 Å². The molecule has 0 saturated carbocycles. The molecule has 1 aromatic heterocycles. The third kappa shape index (κ3) is 3.14. The van der Waals surface area contributed by atoms with Crippen molar-refractivity contribution in [3.05, 3.63) is 40.4 Å². The molecular formula is C12H12BrN3OS. The Bertz CT molecular complexity index is 539. The van der Waals surface area contributed by atoms with E-state index in [0.29, 0.717) is 10.6 Å². The van der Waals surface area contributed by atoms with Crippen LogP contribution >= 0.6 is 27.5 Å². The standard InChI is InChI=1S/C12H12BrN3OS/c1-8-11(18-16-15-8)12(17)14-10-4-2-9(3-5-10)6-7-13/h2-5H,6-7H2,1H3,(H,14,17). The zero-order valence-corrected chi connectivity index (χ0v) is 12.2. The molecule has 0 unspecified atom stereocenters. The van der Waals surface area contributed by atoms with E-state index in [-0.39, 0.29) is 5.91 Å². The zero-order chi connectivity index (χ0) is 13.0. The van der Waals surface area contributed by atoms with Crippen molar-refractivity contribution in [2.75, 3.05) is 10.6 Å². The van der Waals surface area contributed by atoms with Gasteiger partial charge in [-0.25, -0.2) is 0 Å². The average molecular weight is 326 g/mol. The number of hydrogen-bond acceptors (Lipinski definition) is 4. The summed E-state index contributed by atoms with van der Waals surface area (Å²) in [6.45, 7) is 1.78. The molecule has 1 heterocycles. The Labute approximate surface area is 118 Å². The Balaban J connectivity index is 2.05. The van der Waals surface area contributed by atoms with Crippen molar-refractivity contribution in [3.8, 4) is 0 Å². The van der Waals surface area contributed by atoms with Gasteiger partial charge in [0.2, 0.25) is 0 Å². The van der Waals surface area contributed by atoms with Crippen molar-refractivity contribution in [2.24, 2.45) is 0 Å². The maximum Gasteiger partial charge on any atom is 0.269 e. The molecule has 0 bridgehead atoms. The molecule has 2 aromatic rings. The number of rotatable bonds is 4. The number of aryl methyl sites for hydroxylation is 2. The number of halogens is 1. The van der Waals surface area contributed by atoms with Crippen LogP contribution in [-0.4, -0.2) is 20.8 Å². The first-order valence-electron chi connectivity index (χ1n) is 5.46. The highest BCUT2D eigenvalue weighted by Crippen LogP contribution is 2.15. The van der Waals surface area contributed by atoms with Crippen LogP contribution < -0.4 is 5.32 Å². The van der Waals surface area contributed by atoms with Crippen LogP contribution in [0, 0.1) is 6.92 Å². The summed E-state index contributed by atoms with van der Waals surface area (Å²) in [6.07, 6.45) is 0.978. The second kappa shape index (κ2) is 6.06. The van der Waals surface area contributed by atoms with Crippen molar-refractivity contribution in [2.45, 2.75) is 13.3 Å². The Kier molecular flexibility index (Phi) is 4.43. The number of aromatic nitrogens is 2. The molecule has 4 nitrogen and oxygen atoms in total. The fourth-order valence-electron chi connectivity index (χ4n) is 1.49. The molecule has 0 aliphatic rings. The van der Waals surface area contributed by atoms with E-state index < -0.39 is 0 Å². The normalized spacial score (nSPS) is 10.3. The second-order valence-electron chi connectivity index (χ2n) is 3.78. The lowest BCUT2D eigenvalue weighted by atomic mass is 10.1. The van der Waals surface area contributed by atoms with Crippen molar-refractivity contribution in [3.63, 3.8) is 0 Å². The number of hydrogen-bond donors (Lipinski definition) is 1. The molecule has 0 spiro atoms. The molecule has 0 aliphatic carbocycles. The summed E-state index contributed by atoms with van der Waals surface area (Å²) in [6, 6.07) is 7.82. The predicted octanol–water partition coefficient (Wildman–Crippen LogP) is 3.04. The molecule has 0 aliphatic heterocycles. The highest BCUT2D eigenvalue weighted by atomic mass is 79.9. The summed E-state index contributed by atoms with van der Waals surface area (Å²) in [7, 11) is 0. The Morgan fingerprint density at radius 2 is 2.11 bits per heavy atom. The minimum Gasteiger partial charge on any atom is -0.321 e. The molecule has 0 fully saturated rings. The van der Waals surface area contributed by atoms with E-state index in [1.54, 1.807) is 6.92 Å². The fraction of sp³-hybridized carbons (Fsp3) is 0.250. The molecular weight excluding hydrogens is 314 g/mol. The summed E-state index contributed by atoms with van der Waals surface area (Å²) in [4.78, 5) is 12.5. The van der Waals surface area contributed by atoms with Crippen LogP contribution in [0.15, 0.2) is 24.3 Å². The molecule has 1 N–H and O–H groups in total. The number of carbonyl (C=O) groups is 1. The summed E-state index contributed by atoms with van der Waals surface area (Å²) in [5.74, 6) is -0.157. The van der Waals surface area contributed by atoms with Crippen LogP contribution in [0.1, 0.15) is 20.9 Å².